The Kier molecular flexibility index (Phi) is 4.74. The molecule has 2 aromatic carbocycles. The van der Waals surface area contributed by atoms with E-state index in [4.69, 9.17) is 10.7 Å². The van der Waals surface area contributed by atoms with Crippen LogP contribution in [0.2, 0.25) is 0 Å². The van der Waals surface area contributed by atoms with Crippen molar-refractivity contribution in [3.8, 4) is 33.9 Å². The van der Waals surface area contributed by atoms with Crippen molar-refractivity contribution in [1.29, 1.82) is 0 Å². The number of benzene rings is 2. The fourth-order valence-corrected chi connectivity index (χ4v) is 4.23. The van der Waals surface area contributed by atoms with Crippen LogP contribution in [0.1, 0.15) is 26.6 Å². The van der Waals surface area contributed by atoms with Gasteiger partial charge in [-0.25, -0.2) is 24.6 Å². The Morgan fingerprint density at radius 1 is 0.848 bits per heavy atom. The molecule has 0 saturated carbocycles. The van der Waals surface area contributed by atoms with Crippen molar-refractivity contribution in [1.82, 2.24) is 34.3 Å². The number of rotatable bonds is 3. The second-order valence-electron chi connectivity index (χ2n) is 9.13. The van der Waals surface area contributed by atoms with Crippen LogP contribution in [0.3, 0.4) is 0 Å². The van der Waals surface area contributed by atoms with Crippen LogP contribution in [0.4, 0.5) is 5.95 Å². The summed E-state index contributed by atoms with van der Waals surface area (Å²) in [6.07, 6.45) is 3.47. The maximum absolute atomic E-state index is 5.66. The smallest absolute Gasteiger partial charge is 0.219 e. The lowest BCUT2D eigenvalue weighted by Gasteiger charge is -2.25. The molecule has 0 radical (unpaired) electrons. The van der Waals surface area contributed by atoms with Gasteiger partial charge in [0.15, 0.2) is 5.82 Å². The number of fused-ring (bicyclic) bond motifs is 1. The van der Waals surface area contributed by atoms with E-state index in [1.165, 1.54) is 0 Å². The lowest BCUT2D eigenvalue weighted by Crippen LogP contribution is -2.22. The second kappa shape index (κ2) is 7.51. The van der Waals surface area contributed by atoms with E-state index in [1.54, 1.807) is 12.4 Å². The summed E-state index contributed by atoms with van der Waals surface area (Å²) in [6, 6.07) is 14.5. The molecule has 5 aromatic rings. The monoisotopic (exact) mass is 438 g/mol. The first kappa shape index (κ1) is 20.8. The van der Waals surface area contributed by atoms with Crippen LogP contribution in [-0.2, 0) is 12.6 Å². The SMILES string of the molecule is Cc1nc(-c2ccccc2-c2nc3cc(-c4cnc(N)nc4)ccc3n2C(C)(C)C)n(C)n1. The minimum absolute atomic E-state index is 0.196. The van der Waals surface area contributed by atoms with Gasteiger partial charge < -0.3 is 10.3 Å². The second-order valence-corrected chi connectivity index (χ2v) is 9.13. The molecule has 33 heavy (non-hydrogen) atoms. The minimum Gasteiger partial charge on any atom is -0.368 e. The Labute approximate surface area is 192 Å². The van der Waals surface area contributed by atoms with Crippen LogP contribution in [-0.4, -0.2) is 34.3 Å². The van der Waals surface area contributed by atoms with E-state index in [0.29, 0.717) is 0 Å². The average molecular weight is 439 g/mol. The molecule has 8 nitrogen and oxygen atoms in total. The molecule has 0 unspecified atom stereocenters. The van der Waals surface area contributed by atoms with Gasteiger partial charge in [0.2, 0.25) is 5.95 Å². The summed E-state index contributed by atoms with van der Waals surface area (Å²) in [5.41, 5.74) is 11.3. The number of nitrogens with zero attached hydrogens (tertiary/aromatic N) is 7. The zero-order valence-corrected chi connectivity index (χ0v) is 19.4. The Balaban J connectivity index is 1.75. The van der Waals surface area contributed by atoms with Crippen molar-refractivity contribution >= 4 is 17.0 Å². The van der Waals surface area contributed by atoms with Crippen molar-refractivity contribution in [2.45, 2.75) is 33.2 Å². The fourth-order valence-electron chi connectivity index (χ4n) is 4.23. The molecule has 3 aromatic heterocycles. The highest BCUT2D eigenvalue weighted by molar-refractivity contribution is 5.88. The van der Waals surface area contributed by atoms with Crippen LogP contribution in [0.25, 0.3) is 44.9 Å². The van der Waals surface area contributed by atoms with Crippen molar-refractivity contribution in [2.75, 3.05) is 5.73 Å². The third-order valence-electron chi connectivity index (χ3n) is 5.61. The lowest BCUT2D eigenvalue weighted by atomic mass is 10.0. The molecule has 0 saturated heterocycles. The molecule has 0 bridgehead atoms. The number of nitrogens with two attached hydrogens (primary N) is 1. The lowest BCUT2D eigenvalue weighted by molar-refractivity contribution is 0.413. The summed E-state index contributed by atoms with van der Waals surface area (Å²) < 4.78 is 4.10. The zero-order chi connectivity index (χ0) is 23.3. The number of hydrogen-bond acceptors (Lipinski definition) is 6. The standard InChI is InChI=1S/C25H26N8/c1-15-29-22(32(5)31-15)18-8-6-7-9-19(18)23-30-20-12-16(17-13-27-24(26)28-14-17)10-11-21(20)33(23)25(2,3)4/h6-14H,1-5H3,(H2,26,27,28). The van der Waals surface area contributed by atoms with E-state index in [9.17, 15) is 0 Å². The number of nitrogen functional groups attached to an aromatic ring is 1. The molecule has 3 heterocycles. The van der Waals surface area contributed by atoms with Gasteiger partial charge in [-0.3, -0.25) is 0 Å². The quantitative estimate of drug-likeness (QED) is 0.442. The summed E-state index contributed by atoms with van der Waals surface area (Å²) in [5, 5.41) is 4.45. The van der Waals surface area contributed by atoms with E-state index < -0.39 is 0 Å². The van der Waals surface area contributed by atoms with E-state index >= 15 is 0 Å². The van der Waals surface area contributed by atoms with Gasteiger partial charge in [0.05, 0.1) is 11.0 Å². The number of aryl methyl sites for hydroxylation is 2. The first-order valence-electron chi connectivity index (χ1n) is 10.8. The Morgan fingerprint density at radius 2 is 1.52 bits per heavy atom. The van der Waals surface area contributed by atoms with Gasteiger partial charge in [-0.2, -0.15) is 5.10 Å². The van der Waals surface area contributed by atoms with E-state index in [1.807, 2.05) is 30.8 Å². The van der Waals surface area contributed by atoms with Gasteiger partial charge in [-0.05, 0) is 45.4 Å². The average Bonchev–Trinajstić information content (AvgIpc) is 3.33. The maximum atomic E-state index is 5.66. The summed E-state index contributed by atoms with van der Waals surface area (Å²) in [7, 11) is 1.92. The number of anilines is 1. The molecule has 0 aliphatic heterocycles. The molecule has 166 valence electrons. The molecular formula is C25H26N8. The van der Waals surface area contributed by atoms with Gasteiger partial charge in [0, 0.05) is 41.7 Å². The highest BCUT2D eigenvalue weighted by atomic mass is 15.3. The van der Waals surface area contributed by atoms with E-state index in [2.05, 4.69) is 75.7 Å². The Bertz CT molecular complexity index is 1470. The van der Waals surface area contributed by atoms with Crippen LogP contribution in [0.5, 0.6) is 0 Å². The van der Waals surface area contributed by atoms with Gasteiger partial charge in [0.1, 0.15) is 11.6 Å². The van der Waals surface area contributed by atoms with Gasteiger partial charge >= 0.3 is 0 Å². The molecular weight excluding hydrogens is 412 g/mol. The zero-order valence-electron chi connectivity index (χ0n) is 19.4. The molecule has 5 rings (SSSR count). The van der Waals surface area contributed by atoms with Crippen LogP contribution in [0, 0.1) is 6.92 Å². The highest BCUT2D eigenvalue weighted by Crippen LogP contribution is 2.37. The normalized spacial score (nSPS) is 11.9. The third-order valence-corrected chi connectivity index (χ3v) is 5.61. The van der Waals surface area contributed by atoms with Crippen molar-refractivity contribution in [2.24, 2.45) is 7.05 Å². The summed E-state index contributed by atoms with van der Waals surface area (Å²) in [6.45, 7) is 8.47. The Morgan fingerprint density at radius 3 is 2.12 bits per heavy atom. The number of aromatic nitrogens is 7. The Hall–Kier alpha value is -4.07. The molecule has 0 amide bonds. The van der Waals surface area contributed by atoms with Crippen LogP contribution >= 0.6 is 0 Å². The van der Waals surface area contributed by atoms with Crippen molar-refractivity contribution in [3.63, 3.8) is 0 Å². The molecule has 8 heteroatoms. The van der Waals surface area contributed by atoms with Crippen LogP contribution < -0.4 is 5.73 Å². The first-order chi connectivity index (χ1) is 15.7. The molecule has 0 aliphatic rings. The predicted molar refractivity (Wildman–Crippen MR) is 130 cm³/mol. The largest absolute Gasteiger partial charge is 0.368 e. The summed E-state index contributed by atoms with van der Waals surface area (Å²) >= 11 is 0. The molecule has 2 N–H and O–H groups in total. The third kappa shape index (κ3) is 3.63. The first-order valence-corrected chi connectivity index (χ1v) is 10.8. The minimum atomic E-state index is -0.196. The molecule has 0 fully saturated rings. The molecule has 0 atom stereocenters. The van der Waals surface area contributed by atoms with Gasteiger partial charge in [-0.15, -0.1) is 0 Å². The summed E-state index contributed by atoms with van der Waals surface area (Å²) in [5.74, 6) is 2.70. The van der Waals surface area contributed by atoms with Gasteiger partial charge in [-0.1, -0.05) is 30.3 Å². The predicted octanol–water partition coefficient (Wildman–Crippen LogP) is 4.60. The van der Waals surface area contributed by atoms with E-state index in [-0.39, 0.29) is 11.5 Å². The summed E-state index contributed by atoms with van der Waals surface area (Å²) in [4.78, 5) is 18.0. The van der Waals surface area contributed by atoms with Crippen molar-refractivity contribution in [3.05, 3.63) is 60.7 Å². The fraction of sp³-hybridized carbons (Fsp3) is 0.240. The van der Waals surface area contributed by atoms with E-state index in [0.717, 1.165) is 50.8 Å². The molecule has 0 spiro atoms. The molecule has 0 aliphatic carbocycles. The number of hydrogen-bond donors (Lipinski definition) is 1. The topological polar surface area (TPSA) is 100 Å². The van der Waals surface area contributed by atoms with Crippen LogP contribution in [0.15, 0.2) is 54.9 Å². The maximum Gasteiger partial charge on any atom is 0.219 e. The highest BCUT2D eigenvalue weighted by Gasteiger charge is 2.25. The number of imidazole rings is 1. The van der Waals surface area contributed by atoms with Gasteiger partial charge in [0.25, 0.3) is 0 Å². The van der Waals surface area contributed by atoms with Crippen molar-refractivity contribution < 1.29 is 0 Å².